The first-order valence-electron chi connectivity index (χ1n) is 3.00. The molecule has 0 aliphatic rings. The average molecular weight is 164 g/mol. The van der Waals surface area contributed by atoms with Crippen LogP contribution < -0.4 is 11.1 Å². The van der Waals surface area contributed by atoms with E-state index in [0.717, 1.165) is 6.08 Å². The van der Waals surface area contributed by atoms with Gasteiger partial charge in [-0.3, -0.25) is 4.79 Å². The molecule has 0 heterocycles. The summed E-state index contributed by atoms with van der Waals surface area (Å²) in [6, 6.07) is 0. The first kappa shape index (κ1) is 10.0. The number of hydrogen-bond acceptors (Lipinski definition) is 2. The third-order valence-electron chi connectivity index (χ3n) is 1.01. The fourth-order valence-corrected chi connectivity index (χ4v) is 0.361. The molecule has 0 saturated carbocycles. The van der Waals surface area contributed by atoms with Gasteiger partial charge in [-0.05, 0) is 6.08 Å². The van der Waals surface area contributed by atoms with Crippen LogP contribution in [0.2, 0.25) is 0 Å². The molecule has 5 heteroatoms. The highest BCUT2D eigenvalue weighted by Crippen LogP contribution is 2.08. The van der Waals surface area contributed by atoms with Crippen LogP contribution in [0.5, 0.6) is 0 Å². The van der Waals surface area contributed by atoms with Crippen LogP contribution in [0.25, 0.3) is 0 Å². The molecule has 0 aliphatic carbocycles. The minimum Gasteiger partial charge on any atom is -0.346 e. The number of hydrogen-bond donors (Lipinski definition) is 2. The van der Waals surface area contributed by atoms with E-state index < -0.39 is 24.9 Å². The molecular weight excluding hydrogens is 154 g/mol. The summed E-state index contributed by atoms with van der Waals surface area (Å²) in [6.45, 7) is 1.58. The fourth-order valence-electron chi connectivity index (χ4n) is 0.361. The molecule has 64 valence electrons. The van der Waals surface area contributed by atoms with E-state index in [4.69, 9.17) is 5.73 Å². The van der Waals surface area contributed by atoms with Crippen molar-refractivity contribution in [3.8, 4) is 0 Å². The van der Waals surface area contributed by atoms with Crippen molar-refractivity contribution in [2.75, 3.05) is 13.1 Å². The first-order chi connectivity index (χ1) is 5.02. The van der Waals surface area contributed by atoms with Gasteiger partial charge in [0.2, 0.25) is 5.91 Å². The van der Waals surface area contributed by atoms with Crippen molar-refractivity contribution in [1.82, 2.24) is 5.32 Å². The molecule has 0 aromatic heterocycles. The monoisotopic (exact) mass is 164 g/mol. The third-order valence-corrected chi connectivity index (χ3v) is 1.01. The van der Waals surface area contributed by atoms with Crippen molar-refractivity contribution >= 4 is 5.91 Å². The zero-order chi connectivity index (χ0) is 8.91. The number of rotatable bonds is 4. The summed E-state index contributed by atoms with van der Waals surface area (Å²) in [6.07, 6.45) is 0.923. The van der Waals surface area contributed by atoms with E-state index in [1.807, 2.05) is 5.32 Å². The Morgan fingerprint density at radius 3 is 2.64 bits per heavy atom. The second-order valence-electron chi connectivity index (χ2n) is 1.98. The summed E-state index contributed by atoms with van der Waals surface area (Å²) in [7, 11) is 0. The van der Waals surface area contributed by atoms with Crippen LogP contribution in [0.1, 0.15) is 0 Å². The lowest BCUT2D eigenvalue weighted by atomic mass is 10.3. The summed E-state index contributed by atoms with van der Waals surface area (Å²) in [4.78, 5) is 10.4. The topological polar surface area (TPSA) is 55.1 Å². The van der Waals surface area contributed by atoms with Gasteiger partial charge in [-0.1, -0.05) is 6.58 Å². The Balaban J connectivity index is 3.69. The fraction of sp³-hybridized carbons (Fsp3) is 0.500. The first-order valence-corrected chi connectivity index (χ1v) is 3.00. The molecule has 0 rings (SSSR count). The molecule has 0 radical (unpaired) electrons. The minimum atomic E-state index is -3.03. The number of alkyl halides is 2. The molecule has 0 aliphatic heterocycles. The third kappa shape index (κ3) is 4.44. The molecule has 11 heavy (non-hydrogen) atoms. The normalized spacial score (nSPS) is 10.8. The van der Waals surface area contributed by atoms with Gasteiger partial charge in [-0.15, -0.1) is 0 Å². The Labute approximate surface area is 63.3 Å². The molecule has 3 N–H and O–H groups in total. The molecule has 0 fully saturated rings. The van der Waals surface area contributed by atoms with Crippen molar-refractivity contribution in [1.29, 1.82) is 0 Å². The lowest BCUT2D eigenvalue weighted by Gasteiger charge is -2.13. The molecule has 0 bridgehead atoms. The van der Waals surface area contributed by atoms with E-state index in [2.05, 4.69) is 6.58 Å². The smallest absolute Gasteiger partial charge is 0.277 e. The highest BCUT2D eigenvalue weighted by molar-refractivity contribution is 5.86. The summed E-state index contributed by atoms with van der Waals surface area (Å²) in [5.41, 5.74) is 4.71. The number of carbonyl (C=O) groups is 1. The van der Waals surface area contributed by atoms with Gasteiger partial charge in [0.15, 0.2) is 0 Å². The predicted octanol–water partition coefficient (Wildman–Crippen LogP) is -0.117. The van der Waals surface area contributed by atoms with Gasteiger partial charge in [-0.25, -0.2) is 8.78 Å². The predicted molar refractivity (Wildman–Crippen MR) is 37.2 cm³/mol. The van der Waals surface area contributed by atoms with Gasteiger partial charge in [-0.2, -0.15) is 0 Å². The van der Waals surface area contributed by atoms with Crippen molar-refractivity contribution < 1.29 is 13.6 Å². The van der Waals surface area contributed by atoms with Gasteiger partial charge in [0.05, 0.1) is 13.1 Å². The average Bonchev–Trinajstić information content (AvgIpc) is 2.00. The zero-order valence-electron chi connectivity index (χ0n) is 5.94. The molecule has 1 amide bonds. The minimum absolute atomic E-state index is 0.627. The summed E-state index contributed by atoms with van der Waals surface area (Å²) in [5.74, 6) is -3.66. The summed E-state index contributed by atoms with van der Waals surface area (Å²) < 4.78 is 24.6. The van der Waals surface area contributed by atoms with Crippen LogP contribution in [0.3, 0.4) is 0 Å². The quantitative estimate of drug-likeness (QED) is 0.569. The Bertz CT molecular complexity index is 159. The van der Waals surface area contributed by atoms with Crippen LogP contribution in [0.4, 0.5) is 8.78 Å². The molecule has 0 unspecified atom stereocenters. The van der Waals surface area contributed by atoms with Crippen molar-refractivity contribution in [2.24, 2.45) is 5.73 Å². The number of carbonyl (C=O) groups excluding carboxylic acids is 1. The van der Waals surface area contributed by atoms with E-state index in [1.54, 1.807) is 0 Å². The van der Waals surface area contributed by atoms with Gasteiger partial charge < -0.3 is 11.1 Å². The molecule has 0 spiro atoms. The van der Waals surface area contributed by atoms with E-state index >= 15 is 0 Å². The largest absolute Gasteiger partial charge is 0.346 e. The molecule has 0 aromatic carbocycles. The summed E-state index contributed by atoms with van der Waals surface area (Å²) >= 11 is 0. The highest BCUT2D eigenvalue weighted by atomic mass is 19.3. The van der Waals surface area contributed by atoms with Gasteiger partial charge in [0.1, 0.15) is 0 Å². The van der Waals surface area contributed by atoms with Crippen molar-refractivity contribution in [3.05, 3.63) is 12.7 Å². The summed E-state index contributed by atoms with van der Waals surface area (Å²) in [5, 5.41) is 1.94. The van der Waals surface area contributed by atoms with E-state index in [0.29, 0.717) is 0 Å². The van der Waals surface area contributed by atoms with Crippen LogP contribution >= 0.6 is 0 Å². The zero-order valence-corrected chi connectivity index (χ0v) is 5.94. The molecule has 0 saturated heterocycles. The van der Waals surface area contributed by atoms with Crippen molar-refractivity contribution in [3.63, 3.8) is 0 Å². The van der Waals surface area contributed by atoms with E-state index in [1.165, 1.54) is 0 Å². The maximum atomic E-state index is 12.3. The van der Waals surface area contributed by atoms with Gasteiger partial charge in [0, 0.05) is 0 Å². The second kappa shape index (κ2) is 4.02. The molecule has 0 aromatic rings. The van der Waals surface area contributed by atoms with Crippen LogP contribution in [0, 0.1) is 0 Å². The highest BCUT2D eigenvalue weighted by Gasteiger charge is 2.26. The van der Waals surface area contributed by atoms with Gasteiger partial charge in [0.25, 0.3) is 5.92 Å². The maximum absolute atomic E-state index is 12.3. The Hall–Kier alpha value is -0.970. The number of nitrogens with two attached hydrogens (primary N) is 1. The van der Waals surface area contributed by atoms with Crippen molar-refractivity contribution in [2.45, 2.75) is 5.92 Å². The Morgan fingerprint density at radius 2 is 2.27 bits per heavy atom. The number of halogens is 2. The molecular formula is C6H10F2N2O. The molecule has 3 nitrogen and oxygen atoms in total. The SMILES string of the molecule is C=CC(=O)NCC(F)(F)CN. The lowest BCUT2D eigenvalue weighted by Crippen LogP contribution is -2.40. The Morgan fingerprint density at radius 1 is 1.73 bits per heavy atom. The molecule has 0 atom stereocenters. The lowest BCUT2D eigenvalue weighted by molar-refractivity contribution is -0.118. The van der Waals surface area contributed by atoms with E-state index in [-0.39, 0.29) is 0 Å². The van der Waals surface area contributed by atoms with Crippen LogP contribution in [0.15, 0.2) is 12.7 Å². The number of nitrogens with one attached hydrogen (secondary N) is 1. The standard InChI is InChI=1S/C6H10F2N2O/c1-2-5(11)10-4-6(7,8)3-9/h2H,1,3-4,9H2,(H,10,11). The van der Waals surface area contributed by atoms with Crippen LogP contribution in [-0.2, 0) is 4.79 Å². The van der Waals surface area contributed by atoms with Crippen LogP contribution in [-0.4, -0.2) is 24.9 Å². The second-order valence-corrected chi connectivity index (χ2v) is 1.98. The number of amides is 1. The van der Waals surface area contributed by atoms with E-state index in [9.17, 15) is 13.6 Å². The maximum Gasteiger partial charge on any atom is 0.277 e. The Kier molecular flexibility index (Phi) is 3.67. The van der Waals surface area contributed by atoms with Gasteiger partial charge >= 0.3 is 0 Å².